The van der Waals surface area contributed by atoms with Crippen LogP contribution in [0.5, 0.6) is 5.75 Å². The van der Waals surface area contributed by atoms with E-state index in [0.29, 0.717) is 36.9 Å². The van der Waals surface area contributed by atoms with E-state index >= 15 is 0 Å². The van der Waals surface area contributed by atoms with Crippen LogP contribution in [0.2, 0.25) is 0 Å². The molecule has 1 amide bonds. The summed E-state index contributed by atoms with van der Waals surface area (Å²) in [6.07, 6.45) is 1.62. The van der Waals surface area contributed by atoms with Crippen LogP contribution in [0.25, 0.3) is 0 Å². The number of likely N-dealkylation sites (tertiary alicyclic amines) is 1. The monoisotopic (exact) mass is 403 g/mol. The van der Waals surface area contributed by atoms with E-state index in [-0.39, 0.29) is 18.2 Å². The highest BCUT2D eigenvalue weighted by atomic mass is 16.5. The average molecular weight is 404 g/mol. The van der Waals surface area contributed by atoms with Crippen molar-refractivity contribution in [3.63, 3.8) is 0 Å². The Morgan fingerprint density at radius 1 is 1.17 bits per heavy atom. The van der Waals surface area contributed by atoms with Crippen LogP contribution in [-0.2, 0) is 4.79 Å². The first-order valence-electron chi connectivity index (χ1n) is 10.5. The molecule has 29 heavy (non-hydrogen) atoms. The minimum atomic E-state index is -0.772. The number of methoxy groups -OCH3 is 1. The molecule has 0 bridgehead atoms. The lowest BCUT2D eigenvalue weighted by Crippen LogP contribution is -2.57. The minimum absolute atomic E-state index is 0.0253. The zero-order chi connectivity index (χ0) is 21.0. The fourth-order valence-corrected chi connectivity index (χ4v) is 4.59. The van der Waals surface area contributed by atoms with Crippen molar-refractivity contribution in [2.24, 2.45) is 5.92 Å². The van der Waals surface area contributed by atoms with E-state index in [2.05, 4.69) is 16.8 Å². The van der Waals surface area contributed by atoms with Crippen molar-refractivity contribution in [2.45, 2.75) is 32.2 Å². The maximum absolute atomic E-state index is 13.3. The second-order valence-corrected chi connectivity index (χ2v) is 8.34. The number of carboxylic acids is 1. The fraction of sp³-hybridized carbons (Fsp3) is 0.636. The van der Waals surface area contributed by atoms with Gasteiger partial charge in [0.1, 0.15) is 5.75 Å². The van der Waals surface area contributed by atoms with Crippen molar-refractivity contribution in [1.82, 2.24) is 14.7 Å². The summed E-state index contributed by atoms with van der Waals surface area (Å²) >= 11 is 0. The summed E-state index contributed by atoms with van der Waals surface area (Å²) in [6, 6.07) is 5.98. The lowest BCUT2D eigenvalue weighted by molar-refractivity contribution is -0.137. The standard InChI is InChI=1S/C22H33N3O4/c1-16-4-6-20(29-3)18(14-16)22(28)25-9-8-19(17(15-25)5-7-21(26)27)24-12-10-23(2)11-13-24/h4,6,14,17,19H,5,7-13,15H2,1-3H3,(H,26,27)/t17-,19+/m0/s1. The number of ether oxygens (including phenoxy) is 1. The number of amides is 1. The Morgan fingerprint density at radius 3 is 2.55 bits per heavy atom. The summed E-state index contributed by atoms with van der Waals surface area (Å²) in [5, 5.41) is 9.21. The second kappa shape index (κ2) is 9.59. The molecule has 0 spiro atoms. The van der Waals surface area contributed by atoms with Crippen LogP contribution in [0.1, 0.15) is 35.2 Å². The molecule has 1 N–H and O–H groups in total. The Hall–Kier alpha value is -2.12. The lowest BCUT2D eigenvalue weighted by atomic mass is 9.86. The molecule has 0 saturated carbocycles. The smallest absolute Gasteiger partial charge is 0.303 e. The van der Waals surface area contributed by atoms with Gasteiger partial charge >= 0.3 is 5.97 Å². The Labute approximate surface area is 173 Å². The number of nitrogens with zero attached hydrogens (tertiary/aromatic N) is 3. The minimum Gasteiger partial charge on any atom is -0.496 e. The first kappa shape index (κ1) is 21.6. The Kier molecular flexibility index (Phi) is 7.14. The summed E-state index contributed by atoms with van der Waals surface area (Å²) in [4.78, 5) is 31.2. The van der Waals surface area contributed by atoms with Gasteiger partial charge in [-0.2, -0.15) is 0 Å². The molecule has 0 aliphatic carbocycles. The fourth-order valence-electron chi connectivity index (χ4n) is 4.59. The van der Waals surface area contributed by atoms with Gasteiger partial charge in [0.2, 0.25) is 0 Å². The van der Waals surface area contributed by atoms with Crippen LogP contribution < -0.4 is 4.74 Å². The van der Waals surface area contributed by atoms with Crippen LogP contribution in [0.4, 0.5) is 0 Å². The molecule has 3 rings (SSSR count). The van der Waals surface area contributed by atoms with Gasteiger partial charge in [-0.05, 0) is 44.9 Å². The number of hydrogen-bond acceptors (Lipinski definition) is 5. The van der Waals surface area contributed by atoms with E-state index in [1.54, 1.807) is 7.11 Å². The molecule has 2 fully saturated rings. The number of rotatable bonds is 6. The van der Waals surface area contributed by atoms with E-state index in [1.165, 1.54) is 0 Å². The van der Waals surface area contributed by atoms with Gasteiger partial charge in [-0.1, -0.05) is 11.6 Å². The summed E-state index contributed by atoms with van der Waals surface area (Å²) in [6.45, 7) is 7.33. The molecular weight excluding hydrogens is 370 g/mol. The normalized spacial score (nSPS) is 23.8. The number of aliphatic carboxylic acids is 1. The van der Waals surface area contributed by atoms with Gasteiger partial charge in [0, 0.05) is 51.7 Å². The number of carboxylic acid groups (broad SMARTS) is 1. The van der Waals surface area contributed by atoms with Crippen molar-refractivity contribution < 1.29 is 19.4 Å². The predicted molar refractivity (Wildman–Crippen MR) is 111 cm³/mol. The molecule has 1 aromatic rings. The maximum Gasteiger partial charge on any atom is 0.303 e. The number of piperazine rings is 1. The molecule has 0 unspecified atom stereocenters. The van der Waals surface area contributed by atoms with Crippen LogP contribution in [0.15, 0.2) is 18.2 Å². The molecule has 2 aliphatic heterocycles. The predicted octanol–water partition coefficient (Wildman–Crippen LogP) is 1.95. The molecule has 160 valence electrons. The summed E-state index contributed by atoms with van der Waals surface area (Å²) < 4.78 is 5.41. The lowest BCUT2D eigenvalue weighted by Gasteiger charge is -2.46. The molecule has 2 atom stereocenters. The largest absolute Gasteiger partial charge is 0.496 e. The second-order valence-electron chi connectivity index (χ2n) is 8.34. The average Bonchev–Trinajstić information content (AvgIpc) is 2.72. The Bertz CT molecular complexity index is 731. The van der Waals surface area contributed by atoms with E-state index in [0.717, 1.165) is 38.2 Å². The maximum atomic E-state index is 13.3. The summed E-state index contributed by atoms with van der Waals surface area (Å²) in [5.74, 6) is -0.0412. The third kappa shape index (κ3) is 5.28. The Morgan fingerprint density at radius 2 is 1.90 bits per heavy atom. The highest BCUT2D eigenvalue weighted by Crippen LogP contribution is 2.30. The van der Waals surface area contributed by atoms with E-state index in [4.69, 9.17) is 4.74 Å². The number of benzene rings is 1. The summed E-state index contributed by atoms with van der Waals surface area (Å²) in [5.41, 5.74) is 1.60. The molecule has 0 radical (unpaired) electrons. The Balaban J connectivity index is 1.75. The molecule has 2 heterocycles. The molecule has 2 saturated heterocycles. The number of hydrogen-bond donors (Lipinski definition) is 1. The van der Waals surface area contributed by atoms with Crippen molar-refractivity contribution >= 4 is 11.9 Å². The molecule has 7 nitrogen and oxygen atoms in total. The van der Waals surface area contributed by atoms with Crippen LogP contribution in [-0.4, -0.2) is 91.2 Å². The van der Waals surface area contributed by atoms with Crippen LogP contribution in [0, 0.1) is 12.8 Å². The van der Waals surface area contributed by atoms with Gasteiger partial charge in [-0.25, -0.2) is 0 Å². The molecular formula is C22H33N3O4. The zero-order valence-electron chi connectivity index (χ0n) is 17.8. The topological polar surface area (TPSA) is 73.3 Å². The zero-order valence-corrected chi connectivity index (χ0v) is 17.8. The van der Waals surface area contributed by atoms with Crippen molar-refractivity contribution in [3.05, 3.63) is 29.3 Å². The number of carbonyl (C=O) groups excluding carboxylic acids is 1. The van der Waals surface area contributed by atoms with Gasteiger partial charge < -0.3 is 19.6 Å². The molecule has 1 aromatic carbocycles. The molecule has 0 aromatic heterocycles. The first-order chi connectivity index (χ1) is 13.9. The summed E-state index contributed by atoms with van der Waals surface area (Å²) in [7, 11) is 3.71. The van der Waals surface area contributed by atoms with Gasteiger partial charge in [0.15, 0.2) is 0 Å². The highest BCUT2D eigenvalue weighted by molar-refractivity contribution is 5.97. The highest BCUT2D eigenvalue weighted by Gasteiger charge is 2.36. The molecule has 7 heteroatoms. The van der Waals surface area contributed by atoms with E-state index in [1.807, 2.05) is 30.0 Å². The van der Waals surface area contributed by atoms with Gasteiger partial charge in [0.05, 0.1) is 12.7 Å². The third-order valence-electron chi connectivity index (χ3n) is 6.30. The number of likely N-dealkylation sites (N-methyl/N-ethyl adjacent to an activating group) is 1. The third-order valence-corrected chi connectivity index (χ3v) is 6.30. The van der Waals surface area contributed by atoms with Crippen LogP contribution >= 0.6 is 0 Å². The number of aryl methyl sites for hydroxylation is 1. The first-order valence-corrected chi connectivity index (χ1v) is 10.5. The van der Waals surface area contributed by atoms with Gasteiger partial charge in [-0.3, -0.25) is 14.5 Å². The van der Waals surface area contributed by atoms with E-state index in [9.17, 15) is 14.7 Å². The molecule has 2 aliphatic rings. The van der Waals surface area contributed by atoms with Crippen molar-refractivity contribution in [1.29, 1.82) is 0 Å². The van der Waals surface area contributed by atoms with Crippen molar-refractivity contribution in [3.8, 4) is 5.75 Å². The van der Waals surface area contributed by atoms with Crippen molar-refractivity contribution in [2.75, 3.05) is 53.4 Å². The van der Waals surface area contributed by atoms with Crippen LogP contribution in [0.3, 0.4) is 0 Å². The number of piperidine rings is 1. The number of carbonyl (C=O) groups is 2. The van der Waals surface area contributed by atoms with Gasteiger partial charge in [-0.15, -0.1) is 0 Å². The quantitative estimate of drug-likeness (QED) is 0.783. The SMILES string of the molecule is COc1ccc(C)cc1C(=O)N1CC[C@@H](N2CCN(C)CC2)[C@@H](CCC(=O)O)C1. The van der Waals surface area contributed by atoms with Gasteiger partial charge in [0.25, 0.3) is 5.91 Å². The van der Waals surface area contributed by atoms with E-state index < -0.39 is 5.97 Å².